The molecule has 0 aromatic rings. The van der Waals surface area contributed by atoms with Crippen LogP contribution in [0, 0.1) is 11.8 Å². The Kier molecular flexibility index (Phi) is 1.43. The van der Waals surface area contributed by atoms with Crippen molar-refractivity contribution in [2.75, 3.05) is 6.61 Å². The third kappa shape index (κ3) is 1.13. The van der Waals surface area contributed by atoms with Gasteiger partial charge in [-0.1, -0.05) is 0 Å². The number of fused-ring (bicyclic) bond motifs is 1. The maximum Gasteiger partial charge on any atom is 0.394 e. The first kappa shape index (κ1) is 7.40. The molecule has 4 heteroatoms. The minimum absolute atomic E-state index is 0.219. The Morgan fingerprint density at radius 3 is 2.45 bits per heavy atom. The Morgan fingerprint density at radius 1 is 1.27 bits per heavy atom. The summed E-state index contributed by atoms with van der Waals surface area (Å²) in [6.45, 7) is 0.508. The third-order valence-corrected chi connectivity index (χ3v) is 2.47. The topological polar surface area (TPSA) is 9.23 Å². The van der Waals surface area contributed by atoms with Gasteiger partial charge in [0.15, 0.2) is 0 Å². The summed E-state index contributed by atoms with van der Waals surface area (Å²) >= 11 is 0. The lowest BCUT2D eigenvalue weighted by Gasteiger charge is -2.07. The van der Waals surface area contributed by atoms with Gasteiger partial charge in [0.1, 0.15) is 0 Å². The molecule has 1 aliphatic carbocycles. The number of hydrogen-bond donors (Lipinski definition) is 0. The molecule has 2 aliphatic rings. The van der Waals surface area contributed by atoms with E-state index in [1.807, 2.05) is 0 Å². The summed E-state index contributed by atoms with van der Waals surface area (Å²) in [7, 11) is 0. The summed E-state index contributed by atoms with van der Waals surface area (Å²) in [5.74, 6) is -1.37. The minimum Gasteiger partial charge on any atom is -0.377 e. The Labute approximate surface area is 62.5 Å². The molecule has 0 bridgehead atoms. The fourth-order valence-electron chi connectivity index (χ4n) is 1.88. The van der Waals surface area contributed by atoms with E-state index in [1.165, 1.54) is 0 Å². The number of alkyl halides is 3. The van der Waals surface area contributed by atoms with Gasteiger partial charge < -0.3 is 4.74 Å². The molecule has 11 heavy (non-hydrogen) atoms. The Balaban J connectivity index is 2.00. The van der Waals surface area contributed by atoms with Crippen molar-refractivity contribution in [1.82, 2.24) is 0 Å². The van der Waals surface area contributed by atoms with Crippen molar-refractivity contribution in [1.29, 1.82) is 0 Å². The van der Waals surface area contributed by atoms with Gasteiger partial charge in [-0.15, -0.1) is 0 Å². The van der Waals surface area contributed by atoms with Crippen LogP contribution in [-0.2, 0) is 4.74 Å². The second kappa shape index (κ2) is 2.12. The predicted molar refractivity (Wildman–Crippen MR) is 32.0 cm³/mol. The van der Waals surface area contributed by atoms with Gasteiger partial charge in [0, 0.05) is 6.61 Å². The maximum absolute atomic E-state index is 12.1. The van der Waals surface area contributed by atoms with Crippen LogP contribution in [0.15, 0.2) is 0 Å². The van der Waals surface area contributed by atoms with Crippen LogP contribution in [-0.4, -0.2) is 18.9 Å². The monoisotopic (exact) mass is 166 g/mol. The van der Waals surface area contributed by atoms with Crippen LogP contribution in [0.5, 0.6) is 0 Å². The summed E-state index contributed by atoms with van der Waals surface area (Å²) in [4.78, 5) is 0. The van der Waals surface area contributed by atoms with Crippen molar-refractivity contribution in [2.24, 2.45) is 11.8 Å². The summed E-state index contributed by atoms with van der Waals surface area (Å²) in [5, 5.41) is 0. The largest absolute Gasteiger partial charge is 0.394 e. The first-order valence-corrected chi connectivity index (χ1v) is 3.79. The molecule has 1 heterocycles. The standard InChI is InChI=1S/C7H9F3O/c8-7(9,10)5-4-2-1-3-11-6(4)5/h4-6H,1-3H2/t4-,5+,6-/m0/s1. The highest BCUT2D eigenvalue weighted by Gasteiger charge is 2.65. The Morgan fingerprint density at radius 2 is 2.00 bits per heavy atom. The van der Waals surface area contributed by atoms with Crippen molar-refractivity contribution in [2.45, 2.75) is 25.1 Å². The molecular weight excluding hydrogens is 157 g/mol. The number of ether oxygens (including phenoxy) is 1. The molecule has 2 fully saturated rings. The Bertz CT molecular complexity index is 154. The van der Waals surface area contributed by atoms with Crippen LogP contribution in [0.1, 0.15) is 12.8 Å². The average molecular weight is 166 g/mol. The molecular formula is C7H9F3O. The van der Waals surface area contributed by atoms with Crippen molar-refractivity contribution < 1.29 is 17.9 Å². The van der Waals surface area contributed by atoms with Gasteiger partial charge in [-0.25, -0.2) is 0 Å². The van der Waals surface area contributed by atoms with E-state index in [-0.39, 0.29) is 5.92 Å². The third-order valence-electron chi connectivity index (χ3n) is 2.47. The summed E-state index contributed by atoms with van der Waals surface area (Å²) in [6.07, 6.45) is -3.05. The molecule has 2 rings (SSSR count). The molecule has 1 nitrogen and oxygen atoms in total. The molecule has 0 spiro atoms. The highest BCUT2D eigenvalue weighted by atomic mass is 19.4. The number of rotatable bonds is 0. The molecule has 0 N–H and O–H groups in total. The van der Waals surface area contributed by atoms with Crippen molar-refractivity contribution in [3.8, 4) is 0 Å². The zero-order valence-corrected chi connectivity index (χ0v) is 5.90. The maximum atomic E-state index is 12.1. The highest BCUT2D eigenvalue weighted by Crippen LogP contribution is 2.55. The van der Waals surface area contributed by atoms with Gasteiger partial charge in [0.25, 0.3) is 0 Å². The van der Waals surface area contributed by atoms with Crippen molar-refractivity contribution >= 4 is 0 Å². The van der Waals surface area contributed by atoms with Crippen LogP contribution >= 0.6 is 0 Å². The highest BCUT2D eigenvalue weighted by molar-refractivity contribution is 5.04. The SMILES string of the molecule is FC(F)(F)[C@@H]1[C@@H]2CCCO[C@@H]21. The zero-order chi connectivity index (χ0) is 8.06. The van der Waals surface area contributed by atoms with Gasteiger partial charge >= 0.3 is 6.18 Å². The van der Waals surface area contributed by atoms with E-state index in [9.17, 15) is 13.2 Å². The molecule has 1 saturated carbocycles. The quantitative estimate of drug-likeness (QED) is 0.534. The van der Waals surface area contributed by atoms with Crippen LogP contribution in [0.4, 0.5) is 13.2 Å². The number of hydrogen-bond acceptors (Lipinski definition) is 1. The van der Waals surface area contributed by atoms with E-state index in [2.05, 4.69) is 0 Å². The molecule has 0 radical (unpaired) electrons. The van der Waals surface area contributed by atoms with E-state index in [1.54, 1.807) is 0 Å². The normalized spacial score (nSPS) is 43.4. The van der Waals surface area contributed by atoms with Gasteiger partial charge in [-0.05, 0) is 18.8 Å². The van der Waals surface area contributed by atoms with E-state index >= 15 is 0 Å². The van der Waals surface area contributed by atoms with E-state index in [4.69, 9.17) is 4.74 Å². The van der Waals surface area contributed by atoms with E-state index in [0.29, 0.717) is 13.0 Å². The van der Waals surface area contributed by atoms with Gasteiger partial charge in [0.05, 0.1) is 12.0 Å². The van der Waals surface area contributed by atoms with E-state index in [0.717, 1.165) is 6.42 Å². The van der Waals surface area contributed by atoms with E-state index < -0.39 is 18.2 Å². The molecule has 1 saturated heterocycles. The molecule has 0 unspecified atom stereocenters. The molecule has 0 aromatic carbocycles. The fourth-order valence-corrected chi connectivity index (χ4v) is 1.88. The second-order valence-corrected chi connectivity index (χ2v) is 3.21. The van der Waals surface area contributed by atoms with Crippen molar-refractivity contribution in [3.63, 3.8) is 0 Å². The molecule has 1 aliphatic heterocycles. The molecule has 3 atom stereocenters. The van der Waals surface area contributed by atoms with Gasteiger partial charge in [0.2, 0.25) is 0 Å². The summed E-state index contributed by atoms with van der Waals surface area (Å²) < 4.78 is 41.2. The van der Waals surface area contributed by atoms with Gasteiger partial charge in [-0.3, -0.25) is 0 Å². The van der Waals surface area contributed by atoms with Crippen LogP contribution in [0.2, 0.25) is 0 Å². The fraction of sp³-hybridized carbons (Fsp3) is 1.00. The van der Waals surface area contributed by atoms with Crippen LogP contribution in [0.3, 0.4) is 0 Å². The van der Waals surface area contributed by atoms with Crippen LogP contribution < -0.4 is 0 Å². The molecule has 0 aromatic heterocycles. The Hall–Kier alpha value is -0.250. The smallest absolute Gasteiger partial charge is 0.377 e. The lowest BCUT2D eigenvalue weighted by Crippen LogP contribution is -2.14. The lowest BCUT2D eigenvalue weighted by atomic mass is 10.2. The summed E-state index contributed by atoms with van der Waals surface area (Å²) in [5.41, 5.74) is 0. The average Bonchev–Trinajstić information content (AvgIpc) is 2.58. The molecule has 0 amide bonds. The van der Waals surface area contributed by atoms with Crippen LogP contribution in [0.25, 0.3) is 0 Å². The minimum atomic E-state index is -4.03. The molecule has 64 valence electrons. The lowest BCUT2D eigenvalue weighted by molar-refractivity contribution is -0.157. The zero-order valence-electron chi connectivity index (χ0n) is 5.90. The van der Waals surface area contributed by atoms with Crippen molar-refractivity contribution in [3.05, 3.63) is 0 Å². The predicted octanol–water partition coefficient (Wildman–Crippen LogP) is 1.97. The first-order chi connectivity index (χ1) is 5.11. The summed E-state index contributed by atoms with van der Waals surface area (Å²) in [6, 6.07) is 0. The first-order valence-electron chi connectivity index (χ1n) is 3.79. The number of halogens is 3. The van der Waals surface area contributed by atoms with Gasteiger partial charge in [-0.2, -0.15) is 13.2 Å². The second-order valence-electron chi connectivity index (χ2n) is 3.21.